The van der Waals surface area contributed by atoms with Gasteiger partial charge < -0.3 is 15.3 Å². The van der Waals surface area contributed by atoms with Crippen LogP contribution in [-0.2, 0) is 9.59 Å². The molecule has 1 aliphatic heterocycles. The maximum absolute atomic E-state index is 12.1. The monoisotopic (exact) mass is 290 g/mol. The zero-order valence-corrected chi connectivity index (χ0v) is 11.8. The maximum Gasteiger partial charge on any atom is 0.308 e. The highest BCUT2D eigenvalue weighted by molar-refractivity contribution is 5.96. The number of aliphatic carboxylic acids is 1. The van der Waals surface area contributed by atoms with Crippen LogP contribution in [0.4, 0.5) is 0 Å². The van der Waals surface area contributed by atoms with Crippen molar-refractivity contribution in [3.05, 3.63) is 35.9 Å². The molecule has 1 fully saturated rings. The van der Waals surface area contributed by atoms with Gasteiger partial charge in [0.15, 0.2) is 0 Å². The van der Waals surface area contributed by atoms with E-state index in [0.29, 0.717) is 18.5 Å². The Morgan fingerprint density at radius 1 is 1.29 bits per heavy atom. The van der Waals surface area contributed by atoms with Crippen molar-refractivity contribution in [2.75, 3.05) is 13.1 Å². The molecule has 0 aromatic heterocycles. The fourth-order valence-electron chi connectivity index (χ4n) is 2.57. The van der Waals surface area contributed by atoms with E-state index in [-0.39, 0.29) is 24.4 Å². The molecule has 0 spiro atoms. The lowest BCUT2D eigenvalue weighted by molar-refractivity contribution is -0.143. The van der Waals surface area contributed by atoms with Crippen molar-refractivity contribution in [3.63, 3.8) is 0 Å². The number of nitrogens with zero attached hydrogens (tertiary/aromatic N) is 1. The summed E-state index contributed by atoms with van der Waals surface area (Å²) in [6.45, 7) is 2.02. The third kappa shape index (κ3) is 3.39. The van der Waals surface area contributed by atoms with Crippen LogP contribution in [0.5, 0.6) is 0 Å². The summed E-state index contributed by atoms with van der Waals surface area (Å²) in [5.41, 5.74) is 0.489. The Kier molecular flexibility index (Phi) is 4.57. The van der Waals surface area contributed by atoms with E-state index in [2.05, 4.69) is 5.32 Å². The molecule has 1 aliphatic rings. The van der Waals surface area contributed by atoms with Crippen molar-refractivity contribution in [1.82, 2.24) is 10.2 Å². The third-order valence-electron chi connectivity index (χ3n) is 3.83. The molecule has 21 heavy (non-hydrogen) atoms. The Hall–Kier alpha value is -2.37. The Balaban J connectivity index is 1.88. The van der Waals surface area contributed by atoms with Crippen LogP contribution in [0.25, 0.3) is 0 Å². The first-order chi connectivity index (χ1) is 10.0. The number of benzene rings is 1. The van der Waals surface area contributed by atoms with Crippen molar-refractivity contribution in [2.24, 2.45) is 5.92 Å². The van der Waals surface area contributed by atoms with Gasteiger partial charge in [-0.1, -0.05) is 18.2 Å². The molecule has 0 aliphatic carbocycles. The number of amides is 2. The van der Waals surface area contributed by atoms with Gasteiger partial charge in [0.1, 0.15) is 0 Å². The molecule has 6 nitrogen and oxygen atoms in total. The van der Waals surface area contributed by atoms with Gasteiger partial charge in [-0.25, -0.2) is 0 Å². The van der Waals surface area contributed by atoms with Crippen LogP contribution in [0, 0.1) is 5.92 Å². The second-order valence-corrected chi connectivity index (χ2v) is 5.11. The van der Waals surface area contributed by atoms with Gasteiger partial charge >= 0.3 is 5.97 Å². The van der Waals surface area contributed by atoms with Gasteiger partial charge in [0.25, 0.3) is 5.91 Å². The van der Waals surface area contributed by atoms with E-state index >= 15 is 0 Å². The van der Waals surface area contributed by atoms with Crippen LogP contribution in [-0.4, -0.2) is 46.9 Å². The van der Waals surface area contributed by atoms with E-state index in [1.165, 1.54) is 4.90 Å². The average Bonchev–Trinajstić information content (AvgIpc) is 2.87. The molecule has 2 unspecified atom stereocenters. The molecule has 6 heteroatoms. The Bertz CT molecular complexity index is 544. The quantitative estimate of drug-likeness (QED) is 0.856. The normalized spacial score (nSPS) is 21.1. The molecule has 112 valence electrons. The van der Waals surface area contributed by atoms with E-state index < -0.39 is 11.9 Å². The molecule has 2 atom stereocenters. The van der Waals surface area contributed by atoms with E-state index in [1.54, 1.807) is 37.3 Å². The Labute approximate surface area is 122 Å². The smallest absolute Gasteiger partial charge is 0.308 e. The minimum Gasteiger partial charge on any atom is -0.481 e. The second-order valence-electron chi connectivity index (χ2n) is 5.11. The number of carboxylic acids is 1. The summed E-state index contributed by atoms with van der Waals surface area (Å²) < 4.78 is 0. The van der Waals surface area contributed by atoms with Crippen molar-refractivity contribution in [2.45, 2.75) is 19.4 Å². The number of rotatable bonds is 4. The predicted molar refractivity (Wildman–Crippen MR) is 75.7 cm³/mol. The molecule has 2 amide bonds. The number of carbonyl (C=O) groups excluding carboxylic acids is 2. The van der Waals surface area contributed by atoms with Gasteiger partial charge in [0, 0.05) is 18.2 Å². The summed E-state index contributed by atoms with van der Waals surface area (Å²) in [5, 5.41) is 11.6. The topological polar surface area (TPSA) is 86.7 Å². The zero-order chi connectivity index (χ0) is 15.4. The molecule has 1 aromatic carbocycles. The molecule has 0 saturated carbocycles. The fourth-order valence-corrected chi connectivity index (χ4v) is 2.57. The number of carboxylic acid groups (broad SMARTS) is 1. The third-order valence-corrected chi connectivity index (χ3v) is 3.83. The minimum absolute atomic E-state index is 0.121. The largest absolute Gasteiger partial charge is 0.481 e. The second kappa shape index (κ2) is 6.39. The van der Waals surface area contributed by atoms with Crippen molar-refractivity contribution >= 4 is 17.8 Å². The predicted octanol–water partition coefficient (Wildman–Crippen LogP) is 0.738. The van der Waals surface area contributed by atoms with Crippen LogP contribution >= 0.6 is 0 Å². The molecule has 2 N–H and O–H groups in total. The molecular formula is C15H18N2O4. The van der Waals surface area contributed by atoms with Crippen molar-refractivity contribution < 1.29 is 19.5 Å². The lowest BCUT2D eigenvalue weighted by atomic mass is 10.0. The number of nitrogens with one attached hydrogen (secondary N) is 1. The number of hydrogen-bond donors (Lipinski definition) is 2. The van der Waals surface area contributed by atoms with Gasteiger partial charge in [0.05, 0.1) is 12.5 Å². The molecule has 2 rings (SSSR count). The maximum atomic E-state index is 12.1. The van der Waals surface area contributed by atoms with Gasteiger partial charge in [-0.2, -0.15) is 0 Å². The van der Waals surface area contributed by atoms with Gasteiger partial charge in [-0.15, -0.1) is 0 Å². The standard InChI is InChI=1S/C15H18N2O4/c1-10-12(15(20)21)7-8-17(10)13(18)9-16-14(19)11-5-3-2-4-6-11/h2-6,10,12H,7-9H2,1H3,(H,16,19)(H,20,21). The summed E-state index contributed by atoms with van der Waals surface area (Å²) in [6.07, 6.45) is 0.453. The van der Waals surface area contributed by atoms with E-state index in [1.807, 2.05) is 0 Å². The highest BCUT2D eigenvalue weighted by Crippen LogP contribution is 2.24. The van der Waals surface area contributed by atoms with Crippen LogP contribution < -0.4 is 5.32 Å². The SMILES string of the molecule is CC1C(C(=O)O)CCN1C(=O)CNC(=O)c1ccccc1. The molecule has 0 bridgehead atoms. The van der Waals surface area contributed by atoms with E-state index in [9.17, 15) is 14.4 Å². The number of hydrogen-bond acceptors (Lipinski definition) is 3. The summed E-state index contributed by atoms with van der Waals surface area (Å²) in [6, 6.07) is 8.29. The van der Waals surface area contributed by atoms with Crippen LogP contribution in [0.3, 0.4) is 0 Å². The molecule has 1 saturated heterocycles. The van der Waals surface area contributed by atoms with E-state index in [0.717, 1.165) is 0 Å². The molecule has 1 aromatic rings. The first kappa shape index (κ1) is 15.0. The average molecular weight is 290 g/mol. The summed E-state index contributed by atoms with van der Waals surface area (Å²) >= 11 is 0. The lowest BCUT2D eigenvalue weighted by Gasteiger charge is -2.23. The molecule has 1 heterocycles. The van der Waals surface area contributed by atoms with Gasteiger partial charge in [-0.3, -0.25) is 14.4 Å². The minimum atomic E-state index is -0.883. The first-order valence-corrected chi connectivity index (χ1v) is 6.86. The highest BCUT2D eigenvalue weighted by atomic mass is 16.4. The molecule has 0 radical (unpaired) electrons. The van der Waals surface area contributed by atoms with Gasteiger partial charge in [-0.05, 0) is 25.5 Å². The first-order valence-electron chi connectivity index (χ1n) is 6.86. The van der Waals surface area contributed by atoms with Crippen LogP contribution in [0.1, 0.15) is 23.7 Å². The highest BCUT2D eigenvalue weighted by Gasteiger charge is 2.37. The fraction of sp³-hybridized carbons (Fsp3) is 0.400. The lowest BCUT2D eigenvalue weighted by Crippen LogP contribution is -2.43. The number of likely N-dealkylation sites (tertiary alicyclic amines) is 1. The Morgan fingerprint density at radius 2 is 1.95 bits per heavy atom. The van der Waals surface area contributed by atoms with Crippen molar-refractivity contribution in [3.8, 4) is 0 Å². The number of carbonyl (C=O) groups is 3. The molecular weight excluding hydrogens is 272 g/mol. The van der Waals surface area contributed by atoms with Gasteiger partial charge in [0.2, 0.25) is 5.91 Å². The van der Waals surface area contributed by atoms with E-state index in [4.69, 9.17) is 5.11 Å². The Morgan fingerprint density at radius 3 is 2.52 bits per heavy atom. The summed E-state index contributed by atoms with van der Waals surface area (Å²) in [5.74, 6) is -1.98. The van der Waals surface area contributed by atoms with Crippen LogP contribution in [0.2, 0.25) is 0 Å². The van der Waals surface area contributed by atoms with Crippen molar-refractivity contribution in [1.29, 1.82) is 0 Å². The summed E-state index contributed by atoms with van der Waals surface area (Å²) in [4.78, 5) is 36.5. The zero-order valence-electron chi connectivity index (χ0n) is 11.8. The summed E-state index contributed by atoms with van der Waals surface area (Å²) in [7, 11) is 0. The van der Waals surface area contributed by atoms with Crippen LogP contribution in [0.15, 0.2) is 30.3 Å².